The average Bonchev–Trinajstić information content (AvgIpc) is 2.19. The molecule has 1 saturated carbocycles. The largest absolute Gasteiger partial charge is 0.466 e. The molecule has 0 aromatic rings. The summed E-state index contributed by atoms with van der Waals surface area (Å²) < 4.78 is 4.41. The van der Waals surface area contributed by atoms with Crippen LogP contribution in [0.1, 0.15) is 19.3 Å². The van der Waals surface area contributed by atoms with E-state index in [9.17, 15) is 14.4 Å². The Morgan fingerprint density at radius 1 is 1.43 bits per heavy atom. The number of allylic oxidation sites excluding steroid dienone is 1. The Morgan fingerprint density at radius 3 is 2.71 bits per heavy atom. The lowest BCUT2D eigenvalue weighted by Gasteiger charge is -2.15. The zero-order chi connectivity index (χ0) is 10.6. The molecule has 0 aromatic heterocycles. The number of Topliss-reactive ketones (excluding diaryl/α,β-unsaturated/α-hetero) is 2. The van der Waals surface area contributed by atoms with E-state index in [2.05, 4.69) is 4.74 Å². The van der Waals surface area contributed by atoms with Crippen LogP contribution in [0.3, 0.4) is 0 Å². The Hall–Kier alpha value is -1.45. The fourth-order valence-corrected chi connectivity index (χ4v) is 1.36. The maximum Gasteiger partial charge on any atom is 0.330 e. The molecule has 0 aliphatic heterocycles. The third-order valence-electron chi connectivity index (χ3n) is 2.21. The molecule has 1 fully saturated rings. The number of rotatable bonds is 2. The smallest absolute Gasteiger partial charge is 0.330 e. The van der Waals surface area contributed by atoms with Crippen LogP contribution in [0, 0.1) is 5.92 Å². The van der Waals surface area contributed by atoms with Crippen molar-refractivity contribution in [2.45, 2.75) is 19.3 Å². The molecule has 76 valence electrons. The Labute approximate surface area is 81.9 Å². The molecule has 0 bridgehead atoms. The third kappa shape index (κ3) is 2.80. The molecule has 4 heteroatoms. The first-order valence-corrected chi connectivity index (χ1v) is 4.45. The van der Waals surface area contributed by atoms with Crippen LogP contribution in [0.25, 0.3) is 0 Å². The molecular formula is C10H12O4. The fourth-order valence-electron chi connectivity index (χ4n) is 1.36. The quantitative estimate of drug-likeness (QED) is 0.369. The first-order chi connectivity index (χ1) is 6.63. The van der Waals surface area contributed by atoms with Gasteiger partial charge in [0.25, 0.3) is 0 Å². The van der Waals surface area contributed by atoms with E-state index in [1.165, 1.54) is 13.2 Å². The Morgan fingerprint density at radius 2 is 2.14 bits per heavy atom. The topological polar surface area (TPSA) is 60.4 Å². The van der Waals surface area contributed by atoms with Gasteiger partial charge in [0.2, 0.25) is 0 Å². The van der Waals surface area contributed by atoms with Gasteiger partial charge in [-0.05, 0) is 12.3 Å². The van der Waals surface area contributed by atoms with Gasteiger partial charge in [-0.15, -0.1) is 0 Å². The molecule has 0 saturated heterocycles. The minimum Gasteiger partial charge on any atom is -0.466 e. The number of ether oxygens (including phenoxy) is 1. The highest BCUT2D eigenvalue weighted by Crippen LogP contribution is 2.20. The van der Waals surface area contributed by atoms with Crippen LogP contribution in [0.4, 0.5) is 0 Å². The van der Waals surface area contributed by atoms with Crippen molar-refractivity contribution in [3.8, 4) is 0 Å². The number of methoxy groups -OCH3 is 1. The zero-order valence-corrected chi connectivity index (χ0v) is 7.99. The Kier molecular flexibility index (Phi) is 3.56. The van der Waals surface area contributed by atoms with E-state index in [0.717, 1.165) is 0 Å². The Balaban J connectivity index is 2.48. The SMILES string of the molecule is COC(=O)C=CC1CCC(=O)C(=O)C1. The first-order valence-electron chi connectivity index (χ1n) is 4.45. The van der Waals surface area contributed by atoms with Gasteiger partial charge in [-0.25, -0.2) is 4.79 Å². The van der Waals surface area contributed by atoms with Crippen molar-refractivity contribution < 1.29 is 19.1 Å². The van der Waals surface area contributed by atoms with Crippen molar-refractivity contribution >= 4 is 17.5 Å². The van der Waals surface area contributed by atoms with Crippen molar-refractivity contribution in [1.82, 2.24) is 0 Å². The van der Waals surface area contributed by atoms with Crippen LogP contribution < -0.4 is 0 Å². The summed E-state index contributed by atoms with van der Waals surface area (Å²) in [7, 11) is 1.29. The summed E-state index contributed by atoms with van der Waals surface area (Å²) in [6.45, 7) is 0. The van der Waals surface area contributed by atoms with E-state index < -0.39 is 5.97 Å². The van der Waals surface area contributed by atoms with Crippen molar-refractivity contribution in [3.05, 3.63) is 12.2 Å². The van der Waals surface area contributed by atoms with Crippen molar-refractivity contribution in [2.75, 3.05) is 7.11 Å². The van der Waals surface area contributed by atoms with Gasteiger partial charge in [-0.3, -0.25) is 9.59 Å². The molecule has 0 radical (unpaired) electrons. The minimum atomic E-state index is -0.436. The molecule has 0 heterocycles. The molecule has 0 aromatic carbocycles. The highest BCUT2D eigenvalue weighted by Gasteiger charge is 2.24. The van der Waals surface area contributed by atoms with Gasteiger partial charge in [-0.2, -0.15) is 0 Å². The maximum absolute atomic E-state index is 11.0. The second-order valence-corrected chi connectivity index (χ2v) is 3.23. The monoisotopic (exact) mass is 196 g/mol. The second kappa shape index (κ2) is 4.69. The summed E-state index contributed by atoms with van der Waals surface area (Å²) >= 11 is 0. The zero-order valence-electron chi connectivity index (χ0n) is 7.99. The van der Waals surface area contributed by atoms with E-state index in [0.29, 0.717) is 6.42 Å². The van der Waals surface area contributed by atoms with E-state index in [1.54, 1.807) is 6.08 Å². The lowest BCUT2D eigenvalue weighted by Crippen LogP contribution is -2.23. The van der Waals surface area contributed by atoms with Gasteiger partial charge in [0.05, 0.1) is 7.11 Å². The molecular weight excluding hydrogens is 184 g/mol. The molecule has 1 aliphatic rings. The van der Waals surface area contributed by atoms with E-state index in [-0.39, 0.29) is 30.3 Å². The molecule has 1 unspecified atom stereocenters. The van der Waals surface area contributed by atoms with Gasteiger partial charge in [0.1, 0.15) is 0 Å². The van der Waals surface area contributed by atoms with Crippen LogP contribution >= 0.6 is 0 Å². The summed E-state index contributed by atoms with van der Waals surface area (Å²) in [4.78, 5) is 32.6. The number of esters is 1. The van der Waals surface area contributed by atoms with Crippen LogP contribution in [0.2, 0.25) is 0 Å². The van der Waals surface area contributed by atoms with Gasteiger partial charge >= 0.3 is 5.97 Å². The van der Waals surface area contributed by atoms with E-state index >= 15 is 0 Å². The number of carbonyl (C=O) groups is 3. The van der Waals surface area contributed by atoms with Crippen molar-refractivity contribution in [2.24, 2.45) is 5.92 Å². The number of hydrogen-bond donors (Lipinski definition) is 0. The highest BCUT2D eigenvalue weighted by molar-refractivity contribution is 6.37. The summed E-state index contributed by atoms with van der Waals surface area (Å²) in [5.74, 6) is -1.07. The van der Waals surface area contributed by atoms with Crippen molar-refractivity contribution in [3.63, 3.8) is 0 Å². The molecule has 1 aliphatic carbocycles. The van der Waals surface area contributed by atoms with E-state index in [4.69, 9.17) is 0 Å². The first kappa shape index (κ1) is 10.6. The fraction of sp³-hybridized carbons (Fsp3) is 0.500. The van der Waals surface area contributed by atoms with E-state index in [1.807, 2.05) is 0 Å². The van der Waals surface area contributed by atoms with Gasteiger partial charge in [-0.1, -0.05) is 6.08 Å². The maximum atomic E-state index is 11.0. The molecule has 0 N–H and O–H groups in total. The van der Waals surface area contributed by atoms with Gasteiger partial charge in [0, 0.05) is 18.9 Å². The summed E-state index contributed by atoms with van der Waals surface area (Å²) in [5.41, 5.74) is 0. The minimum absolute atomic E-state index is 0.000648. The molecule has 4 nitrogen and oxygen atoms in total. The molecule has 1 atom stereocenters. The molecule has 1 rings (SSSR count). The second-order valence-electron chi connectivity index (χ2n) is 3.23. The number of ketones is 2. The van der Waals surface area contributed by atoms with Crippen LogP contribution in [-0.2, 0) is 19.1 Å². The number of hydrogen-bond acceptors (Lipinski definition) is 4. The lowest BCUT2D eigenvalue weighted by molar-refractivity contribution is -0.138. The van der Waals surface area contributed by atoms with Crippen LogP contribution in [-0.4, -0.2) is 24.6 Å². The average molecular weight is 196 g/mol. The van der Waals surface area contributed by atoms with Crippen LogP contribution in [0.15, 0.2) is 12.2 Å². The summed E-state index contributed by atoms with van der Waals surface area (Å²) in [6.07, 6.45) is 4.07. The summed E-state index contributed by atoms with van der Waals surface area (Å²) in [6, 6.07) is 0. The van der Waals surface area contributed by atoms with Crippen molar-refractivity contribution in [1.29, 1.82) is 0 Å². The third-order valence-corrected chi connectivity index (χ3v) is 2.21. The normalized spacial score (nSPS) is 22.8. The highest BCUT2D eigenvalue weighted by atomic mass is 16.5. The molecule has 0 amide bonds. The molecule has 0 spiro atoms. The van der Waals surface area contributed by atoms with Gasteiger partial charge in [0.15, 0.2) is 11.6 Å². The van der Waals surface area contributed by atoms with Gasteiger partial charge < -0.3 is 4.74 Å². The summed E-state index contributed by atoms with van der Waals surface area (Å²) in [5, 5.41) is 0. The molecule has 14 heavy (non-hydrogen) atoms. The predicted octanol–water partition coefficient (Wildman–Crippen LogP) is 0.654. The Bertz CT molecular complexity index is 290. The standard InChI is InChI=1S/C10H12O4/c1-14-10(13)5-3-7-2-4-8(11)9(12)6-7/h3,5,7H,2,4,6H2,1H3. The number of carbonyl (C=O) groups excluding carboxylic acids is 3. The lowest BCUT2D eigenvalue weighted by atomic mass is 9.87. The predicted molar refractivity (Wildman–Crippen MR) is 48.5 cm³/mol. The van der Waals surface area contributed by atoms with Crippen LogP contribution in [0.5, 0.6) is 0 Å².